The molecule has 3 rings (SSSR count). The summed E-state index contributed by atoms with van der Waals surface area (Å²) in [4.78, 5) is 6.88. The molecular formula is C14H24N4. The van der Waals surface area contributed by atoms with E-state index in [4.69, 9.17) is 5.73 Å². The summed E-state index contributed by atoms with van der Waals surface area (Å²) in [5.74, 6) is 2.65. The van der Waals surface area contributed by atoms with Crippen LogP contribution in [0.4, 0.5) is 0 Å². The number of nitrogens with two attached hydrogens (primary N) is 1. The van der Waals surface area contributed by atoms with Gasteiger partial charge in [-0.15, -0.1) is 0 Å². The van der Waals surface area contributed by atoms with Gasteiger partial charge in [-0.3, -0.25) is 0 Å². The van der Waals surface area contributed by atoms with Gasteiger partial charge in [0.05, 0.1) is 0 Å². The van der Waals surface area contributed by atoms with E-state index >= 15 is 0 Å². The molecule has 1 aliphatic carbocycles. The second kappa shape index (κ2) is 5.02. The zero-order valence-corrected chi connectivity index (χ0v) is 11.3. The zero-order chi connectivity index (χ0) is 12.5. The molecule has 1 aromatic heterocycles. The summed E-state index contributed by atoms with van der Waals surface area (Å²) < 4.78 is 2.24. The van der Waals surface area contributed by atoms with Crippen molar-refractivity contribution in [2.24, 2.45) is 17.6 Å². The van der Waals surface area contributed by atoms with E-state index in [0.717, 1.165) is 24.2 Å². The van der Waals surface area contributed by atoms with Crippen molar-refractivity contribution < 1.29 is 0 Å². The summed E-state index contributed by atoms with van der Waals surface area (Å²) in [5.41, 5.74) is 6.23. The average molecular weight is 248 g/mol. The molecule has 2 N–H and O–H groups in total. The van der Waals surface area contributed by atoms with Gasteiger partial charge < -0.3 is 15.2 Å². The van der Waals surface area contributed by atoms with Crippen LogP contribution in [-0.2, 0) is 6.54 Å². The third-order valence-corrected chi connectivity index (χ3v) is 4.78. The topological polar surface area (TPSA) is 47.1 Å². The highest BCUT2D eigenvalue weighted by molar-refractivity contribution is 4.95. The first-order valence-electron chi connectivity index (χ1n) is 7.19. The maximum absolute atomic E-state index is 6.23. The summed E-state index contributed by atoms with van der Waals surface area (Å²) in [6, 6.07) is 0.483. The zero-order valence-electron chi connectivity index (χ0n) is 11.3. The molecule has 2 fully saturated rings. The standard InChI is InChI=1S/C14H24N4/c1-11-16-5-8-18(11)7-2-6-17-9-12-3-4-13(10-17)14(12)15/h5,8,12-14H,2-4,6-7,9-10,15H2,1H3/t12-,13+,14?. The lowest BCUT2D eigenvalue weighted by Gasteiger charge is -2.36. The van der Waals surface area contributed by atoms with E-state index in [1.54, 1.807) is 0 Å². The van der Waals surface area contributed by atoms with Crippen molar-refractivity contribution >= 4 is 0 Å². The Morgan fingerprint density at radius 2 is 2.00 bits per heavy atom. The van der Waals surface area contributed by atoms with Crippen LogP contribution in [-0.4, -0.2) is 40.1 Å². The molecule has 2 bridgehead atoms. The van der Waals surface area contributed by atoms with Crippen molar-refractivity contribution in [3.63, 3.8) is 0 Å². The van der Waals surface area contributed by atoms with Gasteiger partial charge in [-0.25, -0.2) is 4.98 Å². The molecule has 0 aromatic carbocycles. The first-order chi connectivity index (χ1) is 8.74. The van der Waals surface area contributed by atoms with Crippen LogP contribution < -0.4 is 5.73 Å². The molecule has 4 nitrogen and oxygen atoms in total. The number of aryl methyl sites for hydroxylation is 2. The number of hydrogen-bond acceptors (Lipinski definition) is 3. The molecule has 2 aliphatic rings. The van der Waals surface area contributed by atoms with Crippen molar-refractivity contribution in [2.45, 2.75) is 38.8 Å². The second-order valence-electron chi connectivity index (χ2n) is 5.96. The van der Waals surface area contributed by atoms with E-state index in [9.17, 15) is 0 Å². The van der Waals surface area contributed by atoms with Gasteiger partial charge in [0.1, 0.15) is 5.82 Å². The Kier molecular flexibility index (Phi) is 3.39. The van der Waals surface area contributed by atoms with Crippen LogP contribution in [0.15, 0.2) is 12.4 Å². The fourth-order valence-corrected chi connectivity index (χ4v) is 3.65. The van der Waals surface area contributed by atoms with E-state index in [1.807, 2.05) is 6.20 Å². The molecule has 18 heavy (non-hydrogen) atoms. The predicted molar refractivity (Wildman–Crippen MR) is 72.2 cm³/mol. The van der Waals surface area contributed by atoms with Crippen molar-refractivity contribution in [3.8, 4) is 0 Å². The third kappa shape index (κ3) is 2.31. The summed E-state index contributed by atoms with van der Waals surface area (Å²) in [6.07, 6.45) is 7.87. The van der Waals surface area contributed by atoms with Crippen LogP contribution in [0, 0.1) is 18.8 Å². The van der Waals surface area contributed by atoms with Crippen LogP contribution in [0.1, 0.15) is 25.1 Å². The molecule has 1 unspecified atom stereocenters. The lowest BCUT2D eigenvalue weighted by Crippen LogP contribution is -2.48. The smallest absolute Gasteiger partial charge is 0.105 e. The minimum atomic E-state index is 0.483. The number of nitrogens with zero attached hydrogens (tertiary/aromatic N) is 3. The Morgan fingerprint density at radius 3 is 2.61 bits per heavy atom. The van der Waals surface area contributed by atoms with E-state index < -0.39 is 0 Å². The Labute approximate surface area is 109 Å². The molecule has 100 valence electrons. The molecule has 3 atom stereocenters. The number of aromatic nitrogens is 2. The lowest BCUT2D eigenvalue weighted by atomic mass is 9.93. The fourth-order valence-electron chi connectivity index (χ4n) is 3.65. The van der Waals surface area contributed by atoms with Crippen molar-refractivity contribution in [2.75, 3.05) is 19.6 Å². The monoisotopic (exact) mass is 248 g/mol. The predicted octanol–water partition coefficient (Wildman–Crippen LogP) is 1.25. The highest BCUT2D eigenvalue weighted by Gasteiger charge is 2.39. The second-order valence-corrected chi connectivity index (χ2v) is 5.96. The van der Waals surface area contributed by atoms with Crippen molar-refractivity contribution in [1.29, 1.82) is 0 Å². The van der Waals surface area contributed by atoms with Gasteiger partial charge in [-0.1, -0.05) is 0 Å². The van der Waals surface area contributed by atoms with Gasteiger partial charge in [0.15, 0.2) is 0 Å². The van der Waals surface area contributed by atoms with Crippen LogP contribution >= 0.6 is 0 Å². The van der Waals surface area contributed by atoms with Gasteiger partial charge in [0.25, 0.3) is 0 Å². The molecule has 1 aliphatic heterocycles. The molecule has 2 heterocycles. The Balaban J connectivity index is 1.46. The lowest BCUT2D eigenvalue weighted by molar-refractivity contribution is 0.144. The number of fused-ring (bicyclic) bond motifs is 2. The number of piperidine rings is 1. The summed E-state index contributed by atoms with van der Waals surface area (Å²) in [5, 5.41) is 0. The van der Waals surface area contributed by atoms with E-state index in [-0.39, 0.29) is 0 Å². The highest BCUT2D eigenvalue weighted by atomic mass is 15.2. The largest absolute Gasteiger partial charge is 0.335 e. The number of rotatable bonds is 4. The molecule has 1 saturated heterocycles. The van der Waals surface area contributed by atoms with Crippen LogP contribution in [0.3, 0.4) is 0 Å². The maximum Gasteiger partial charge on any atom is 0.105 e. The highest BCUT2D eigenvalue weighted by Crippen LogP contribution is 2.35. The summed E-state index contributed by atoms with van der Waals surface area (Å²) in [7, 11) is 0. The van der Waals surface area contributed by atoms with Gasteiger partial charge in [-0.2, -0.15) is 0 Å². The Bertz CT molecular complexity index is 386. The quantitative estimate of drug-likeness (QED) is 0.872. The molecule has 4 heteroatoms. The van der Waals surface area contributed by atoms with E-state index in [2.05, 4.69) is 27.6 Å². The minimum absolute atomic E-state index is 0.483. The molecule has 1 aromatic rings. The van der Waals surface area contributed by atoms with Gasteiger partial charge >= 0.3 is 0 Å². The maximum atomic E-state index is 6.23. The molecule has 1 saturated carbocycles. The van der Waals surface area contributed by atoms with Crippen LogP contribution in [0.2, 0.25) is 0 Å². The number of imidazole rings is 1. The first kappa shape index (κ1) is 12.2. The van der Waals surface area contributed by atoms with Gasteiger partial charge in [-0.05, 0) is 44.6 Å². The third-order valence-electron chi connectivity index (χ3n) is 4.78. The normalized spacial score (nSPS) is 32.0. The van der Waals surface area contributed by atoms with Crippen LogP contribution in [0.5, 0.6) is 0 Å². The fraction of sp³-hybridized carbons (Fsp3) is 0.786. The summed E-state index contributed by atoms with van der Waals surface area (Å²) in [6.45, 7) is 6.81. The van der Waals surface area contributed by atoms with Crippen molar-refractivity contribution in [3.05, 3.63) is 18.2 Å². The van der Waals surface area contributed by atoms with Gasteiger partial charge in [0, 0.05) is 38.1 Å². The molecule has 0 radical (unpaired) electrons. The molecule has 0 amide bonds. The number of likely N-dealkylation sites (tertiary alicyclic amines) is 1. The summed E-state index contributed by atoms with van der Waals surface area (Å²) >= 11 is 0. The van der Waals surface area contributed by atoms with Crippen LogP contribution in [0.25, 0.3) is 0 Å². The minimum Gasteiger partial charge on any atom is -0.335 e. The van der Waals surface area contributed by atoms with Crippen molar-refractivity contribution in [1.82, 2.24) is 14.5 Å². The van der Waals surface area contributed by atoms with E-state index in [0.29, 0.717) is 6.04 Å². The Morgan fingerprint density at radius 1 is 1.28 bits per heavy atom. The SMILES string of the molecule is Cc1nccn1CCCN1C[C@H]2CC[C@@H](C1)C2N. The molecular weight excluding hydrogens is 224 g/mol. The Hall–Kier alpha value is -0.870. The van der Waals surface area contributed by atoms with E-state index in [1.165, 1.54) is 38.9 Å². The van der Waals surface area contributed by atoms with Gasteiger partial charge in [0.2, 0.25) is 0 Å². The average Bonchev–Trinajstić information content (AvgIpc) is 2.82. The number of hydrogen-bond donors (Lipinski definition) is 1. The first-order valence-corrected chi connectivity index (χ1v) is 7.19. The molecule has 0 spiro atoms.